The molecular weight excluding hydrogens is 362 g/mol. The number of nitrogens with one attached hydrogen (secondary N) is 2. The van der Waals surface area contributed by atoms with Gasteiger partial charge in [0.15, 0.2) is 17.2 Å². The van der Waals surface area contributed by atoms with Crippen molar-refractivity contribution < 1.29 is 19.0 Å². The normalized spacial score (nSPS) is 18.5. The van der Waals surface area contributed by atoms with Gasteiger partial charge in [-0.05, 0) is 37.9 Å². The summed E-state index contributed by atoms with van der Waals surface area (Å²) in [6, 6.07) is 3.62. The van der Waals surface area contributed by atoms with Crippen LogP contribution in [0.15, 0.2) is 18.3 Å². The molecule has 1 fully saturated rings. The van der Waals surface area contributed by atoms with Gasteiger partial charge in [0.1, 0.15) is 19.0 Å². The number of amides is 1. The average molecular weight is 387 g/mol. The molecule has 1 saturated heterocycles. The lowest BCUT2D eigenvalue weighted by molar-refractivity contribution is 0.0945. The number of nitrogens with zero attached hydrogens (tertiary/aromatic N) is 3. The standard InChI is InChI=1S/C19H25N5O4/c1-26-16-8-18-17(27-5-6-28-18)7-14(16)10-21-19(25)15-12-24(23-22-15)11-13-3-2-4-20-9-13/h7-8,12-13,20H,2-6,9-11H2,1H3,(H,21,25)/t13-/m0/s1. The first-order valence-electron chi connectivity index (χ1n) is 9.58. The molecule has 150 valence electrons. The Morgan fingerprint density at radius 3 is 2.93 bits per heavy atom. The van der Waals surface area contributed by atoms with Gasteiger partial charge in [-0.2, -0.15) is 0 Å². The van der Waals surface area contributed by atoms with Crippen molar-refractivity contribution in [3.05, 3.63) is 29.6 Å². The first-order chi connectivity index (χ1) is 13.7. The van der Waals surface area contributed by atoms with E-state index in [-0.39, 0.29) is 12.5 Å². The Labute approximate surface area is 163 Å². The number of piperidine rings is 1. The molecule has 0 spiro atoms. The van der Waals surface area contributed by atoms with Crippen molar-refractivity contribution >= 4 is 5.91 Å². The van der Waals surface area contributed by atoms with E-state index >= 15 is 0 Å². The lowest BCUT2D eigenvalue weighted by atomic mass is 10.00. The van der Waals surface area contributed by atoms with Crippen LogP contribution < -0.4 is 24.8 Å². The van der Waals surface area contributed by atoms with Crippen molar-refractivity contribution in [2.24, 2.45) is 5.92 Å². The zero-order valence-corrected chi connectivity index (χ0v) is 15.9. The number of aromatic nitrogens is 3. The number of carbonyl (C=O) groups excluding carboxylic acids is 1. The molecule has 0 saturated carbocycles. The van der Waals surface area contributed by atoms with E-state index < -0.39 is 0 Å². The molecule has 1 amide bonds. The molecule has 1 aromatic heterocycles. The third-order valence-electron chi connectivity index (χ3n) is 5.00. The van der Waals surface area contributed by atoms with Crippen molar-refractivity contribution in [3.8, 4) is 17.2 Å². The number of benzene rings is 1. The minimum absolute atomic E-state index is 0.273. The topological polar surface area (TPSA) is 99.5 Å². The second-order valence-corrected chi connectivity index (χ2v) is 7.03. The number of hydrogen-bond donors (Lipinski definition) is 2. The first kappa shape index (κ1) is 18.5. The highest BCUT2D eigenvalue weighted by Crippen LogP contribution is 2.36. The van der Waals surface area contributed by atoms with Crippen LogP contribution in [0.3, 0.4) is 0 Å². The van der Waals surface area contributed by atoms with Gasteiger partial charge in [-0.1, -0.05) is 5.21 Å². The molecule has 9 heteroatoms. The lowest BCUT2D eigenvalue weighted by Gasteiger charge is -2.22. The zero-order chi connectivity index (χ0) is 19.3. The van der Waals surface area contributed by atoms with E-state index in [0.29, 0.717) is 42.1 Å². The molecule has 2 aliphatic heterocycles. The van der Waals surface area contributed by atoms with Crippen LogP contribution in [-0.2, 0) is 13.1 Å². The SMILES string of the molecule is COc1cc2c(cc1CNC(=O)c1cn(C[C@H]3CCCNC3)nn1)OCCO2. The highest BCUT2D eigenvalue weighted by atomic mass is 16.6. The van der Waals surface area contributed by atoms with E-state index in [2.05, 4.69) is 20.9 Å². The molecule has 3 heterocycles. The lowest BCUT2D eigenvalue weighted by Crippen LogP contribution is -2.32. The fourth-order valence-electron chi connectivity index (χ4n) is 3.54. The highest BCUT2D eigenvalue weighted by molar-refractivity contribution is 5.91. The Hall–Kier alpha value is -2.81. The van der Waals surface area contributed by atoms with E-state index in [1.54, 1.807) is 24.1 Å². The first-order valence-corrected chi connectivity index (χ1v) is 9.58. The maximum absolute atomic E-state index is 12.5. The summed E-state index contributed by atoms with van der Waals surface area (Å²) >= 11 is 0. The Kier molecular flexibility index (Phi) is 5.61. The monoisotopic (exact) mass is 387 g/mol. The highest BCUT2D eigenvalue weighted by Gasteiger charge is 2.19. The van der Waals surface area contributed by atoms with Crippen LogP contribution in [0.5, 0.6) is 17.2 Å². The van der Waals surface area contributed by atoms with Gasteiger partial charge >= 0.3 is 0 Å². The fourth-order valence-corrected chi connectivity index (χ4v) is 3.54. The van der Waals surface area contributed by atoms with Crippen LogP contribution >= 0.6 is 0 Å². The summed E-state index contributed by atoms with van der Waals surface area (Å²) in [5.41, 5.74) is 1.11. The molecule has 0 unspecified atom stereocenters. The van der Waals surface area contributed by atoms with Gasteiger partial charge in [-0.3, -0.25) is 9.48 Å². The summed E-state index contributed by atoms with van der Waals surface area (Å²) in [5.74, 6) is 2.19. The van der Waals surface area contributed by atoms with Crippen LogP contribution in [0.2, 0.25) is 0 Å². The third-order valence-corrected chi connectivity index (χ3v) is 5.00. The molecule has 4 rings (SSSR count). The summed E-state index contributed by atoms with van der Waals surface area (Å²) in [6.07, 6.45) is 4.04. The van der Waals surface area contributed by atoms with E-state index in [0.717, 1.165) is 31.6 Å². The summed E-state index contributed by atoms with van der Waals surface area (Å²) in [6.45, 7) is 4.13. The Morgan fingerprint density at radius 1 is 1.36 bits per heavy atom. The van der Waals surface area contributed by atoms with Crippen molar-refractivity contribution in [1.29, 1.82) is 0 Å². The number of methoxy groups -OCH3 is 1. The number of rotatable bonds is 6. The Balaban J connectivity index is 1.38. The number of fused-ring (bicyclic) bond motifs is 1. The Morgan fingerprint density at radius 2 is 2.18 bits per heavy atom. The largest absolute Gasteiger partial charge is 0.496 e. The Bertz CT molecular complexity index is 832. The molecule has 2 aromatic rings. The summed E-state index contributed by atoms with van der Waals surface area (Å²) in [7, 11) is 1.59. The van der Waals surface area contributed by atoms with Gasteiger partial charge in [0.25, 0.3) is 5.91 Å². The fraction of sp³-hybridized carbons (Fsp3) is 0.526. The van der Waals surface area contributed by atoms with Crippen LogP contribution in [0.25, 0.3) is 0 Å². The molecular formula is C19H25N5O4. The molecule has 28 heavy (non-hydrogen) atoms. The molecule has 0 radical (unpaired) electrons. The van der Waals surface area contributed by atoms with Gasteiger partial charge < -0.3 is 24.8 Å². The molecule has 2 aliphatic rings. The van der Waals surface area contributed by atoms with E-state index in [9.17, 15) is 4.79 Å². The number of hydrogen-bond acceptors (Lipinski definition) is 7. The summed E-state index contributed by atoms with van der Waals surface area (Å²) in [4.78, 5) is 12.5. The summed E-state index contributed by atoms with van der Waals surface area (Å²) < 4.78 is 18.3. The van der Waals surface area contributed by atoms with Gasteiger partial charge in [0, 0.05) is 24.7 Å². The van der Waals surface area contributed by atoms with Crippen molar-refractivity contribution in [1.82, 2.24) is 25.6 Å². The maximum Gasteiger partial charge on any atom is 0.273 e. The predicted molar refractivity (Wildman–Crippen MR) is 101 cm³/mol. The molecule has 0 bridgehead atoms. The van der Waals surface area contributed by atoms with E-state index in [1.807, 2.05) is 6.07 Å². The quantitative estimate of drug-likeness (QED) is 0.762. The minimum atomic E-state index is -0.273. The summed E-state index contributed by atoms with van der Waals surface area (Å²) in [5, 5.41) is 14.4. The van der Waals surface area contributed by atoms with Crippen LogP contribution in [0.4, 0.5) is 0 Å². The van der Waals surface area contributed by atoms with Crippen molar-refractivity contribution in [2.45, 2.75) is 25.9 Å². The molecule has 1 atom stereocenters. The number of ether oxygens (including phenoxy) is 3. The van der Waals surface area contributed by atoms with Crippen LogP contribution in [0.1, 0.15) is 28.9 Å². The minimum Gasteiger partial charge on any atom is -0.496 e. The van der Waals surface area contributed by atoms with Gasteiger partial charge in [0.05, 0.1) is 13.3 Å². The number of carbonyl (C=O) groups is 1. The maximum atomic E-state index is 12.5. The van der Waals surface area contributed by atoms with Gasteiger partial charge in [0.2, 0.25) is 0 Å². The van der Waals surface area contributed by atoms with E-state index in [1.165, 1.54) is 6.42 Å². The van der Waals surface area contributed by atoms with E-state index in [4.69, 9.17) is 14.2 Å². The predicted octanol–water partition coefficient (Wildman–Crippen LogP) is 0.987. The second kappa shape index (κ2) is 8.47. The molecule has 0 aliphatic carbocycles. The third kappa shape index (κ3) is 4.19. The van der Waals surface area contributed by atoms with Gasteiger partial charge in [-0.25, -0.2) is 0 Å². The zero-order valence-electron chi connectivity index (χ0n) is 15.9. The molecule has 9 nitrogen and oxygen atoms in total. The van der Waals surface area contributed by atoms with Crippen LogP contribution in [-0.4, -0.2) is 54.3 Å². The average Bonchev–Trinajstić information content (AvgIpc) is 3.20. The van der Waals surface area contributed by atoms with Crippen molar-refractivity contribution in [3.63, 3.8) is 0 Å². The van der Waals surface area contributed by atoms with Crippen molar-refractivity contribution in [2.75, 3.05) is 33.4 Å². The second-order valence-electron chi connectivity index (χ2n) is 7.03. The van der Waals surface area contributed by atoms with Crippen LogP contribution in [0, 0.1) is 5.92 Å². The molecule has 1 aromatic carbocycles. The van der Waals surface area contributed by atoms with Gasteiger partial charge in [-0.15, -0.1) is 5.10 Å². The molecule has 2 N–H and O–H groups in total. The smallest absolute Gasteiger partial charge is 0.273 e.